The van der Waals surface area contributed by atoms with Gasteiger partial charge in [-0.05, 0) is 18.3 Å². The fourth-order valence-corrected chi connectivity index (χ4v) is 2.02. The lowest BCUT2D eigenvalue weighted by Gasteiger charge is -2.38. The summed E-state index contributed by atoms with van der Waals surface area (Å²) in [6.45, 7) is 3.97. The second kappa shape index (κ2) is 3.14. The highest BCUT2D eigenvalue weighted by atomic mass is 15.1. The van der Waals surface area contributed by atoms with Gasteiger partial charge in [0.05, 0.1) is 6.54 Å². The summed E-state index contributed by atoms with van der Waals surface area (Å²) >= 11 is 0. The van der Waals surface area contributed by atoms with Crippen LogP contribution in [0, 0.1) is 5.41 Å². The normalized spacial score (nSPS) is 19.8. The number of nitrogens with two attached hydrogens (primary N) is 1. The maximum atomic E-state index is 5.59. The van der Waals surface area contributed by atoms with Crippen molar-refractivity contribution in [2.75, 3.05) is 0 Å². The Morgan fingerprint density at radius 2 is 2.38 bits per heavy atom. The van der Waals surface area contributed by atoms with E-state index in [1.165, 1.54) is 19.3 Å². The molecule has 1 saturated carbocycles. The van der Waals surface area contributed by atoms with Gasteiger partial charge < -0.3 is 10.3 Å². The Kier molecular flexibility index (Phi) is 2.12. The maximum absolute atomic E-state index is 5.59. The minimum Gasteiger partial charge on any atom is -0.333 e. The predicted octanol–water partition coefficient (Wildman–Crippen LogP) is 1.53. The van der Waals surface area contributed by atoms with Crippen molar-refractivity contribution in [1.29, 1.82) is 0 Å². The van der Waals surface area contributed by atoms with E-state index in [-0.39, 0.29) is 0 Å². The van der Waals surface area contributed by atoms with Gasteiger partial charge in [0.15, 0.2) is 0 Å². The highest BCUT2D eigenvalue weighted by molar-refractivity contribution is 4.95. The van der Waals surface area contributed by atoms with Crippen LogP contribution in [0.2, 0.25) is 0 Å². The number of imidazole rings is 1. The first-order valence-electron chi connectivity index (χ1n) is 4.94. The fourth-order valence-electron chi connectivity index (χ4n) is 2.02. The Hall–Kier alpha value is -0.830. The molecule has 0 radical (unpaired) electrons. The van der Waals surface area contributed by atoms with E-state index < -0.39 is 0 Å². The molecule has 0 spiro atoms. The first-order chi connectivity index (χ1) is 6.23. The standard InChI is InChI=1S/C10H17N3/c1-10(3-2-4-10)8-13-6-5-12-9(13)7-11/h5-6H,2-4,7-8,11H2,1H3. The van der Waals surface area contributed by atoms with Crippen LogP contribution in [0.4, 0.5) is 0 Å². The molecule has 1 aliphatic rings. The Bertz CT molecular complexity index is 286. The summed E-state index contributed by atoms with van der Waals surface area (Å²) in [6, 6.07) is 0. The van der Waals surface area contributed by atoms with Gasteiger partial charge in [0.2, 0.25) is 0 Å². The lowest BCUT2D eigenvalue weighted by molar-refractivity contribution is 0.130. The van der Waals surface area contributed by atoms with Crippen LogP contribution < -0.4 is 5.73 Å². The molecule has 2 rings (SSSR count). The van der Waals surface area contributed by atoms with Gasteiger partial charge >= 0.3 is 0 Å². The van der Waals surface area contributed by atoms with Crippen molar-refractivity contribution < 1.29 is 0 Å². The summed E-state index contributed by atoms with van der Waals surface area (Å²) in [5, 5.41) is 0. The smallest absolute Gasteiger partial charge is 0.122 e. The molecule has 0 unspecified atom stereocenters. The van der Waals surface area contributed by atoms with Crippen molar-refractivity contribution in [2.24, 2.45) is 11.1 Å². The third-order valence-electron chi connectivity index (χ3n) is 3.10. The number of hydrogen-bond acceptors (Lipinski definition) is 2. The first kappa shape index (κ1) is 8.75. The summed E-state index contributed by atoms with van der Waals surface area (Å²) in [5.41, 5.74) is 6.09. The Morgan fingerprint density at radius 3 is 2.92 bits per heavy atom. The Balaban J connectivity index is 2.08. The van der Waals surface area contributed by atoms with Crippen molar-refractivity contribution in [2.45, 2.75) is 39.3 Å². The lowest BCUT2D eigenvalue weighted by atomic mass is 9.70. The molecule has 0 aromatic carbocycles. The van der Waals surface area contributed by atoms with Crippen LogP contribution in [-0.4, -0.2) is 9.55 Å². The van der Waals surface area contributed by atoms with E-state index in [2.05, 4.69) is 16.5 Å². The van der Waals surface area contributed by atoms with E-state index in [0.717, 1.165) is 12.4 Å². The summed E-state index contributed by atoms with van der Waals surface area (Å²) in [6.07, 6.45) is 7.93. The van der Waals surface area contributed by atoms with Crippen molar-refractivity contribution in [3.8, 4) is 0 Å². The zero-order chi connectivity index (χ0) is 9.31. The minimum atomic E-state index is 0.505. The molecule has 13 heavy (non-hydrogen) atoms. The van der Waals surface area contributed by atoms with E-state index in [9.17, 15) is 0 Å². The van der Waals surface area contributed by atoms with Crippen LogP contribution in [0.1, 0.15) is 32.0 Å². The molecule has 0 saturated heterocycles. The van der Waals surface area contributed by atoms with Gasteiger partial charge in [-0.3, -0.25) is 0 Å². The van der Waals surface area contributed by atoms with Gasteiger partial charge in [-0.1, -0.05) is 13.3 Å². The maximum Gasteiger partial charge on any atom is 0.122 e. The van der Waals surface area contributed by atoms with E-state index in [1.807, 2.05) is 12.4 Å². The van der Waals surface area contributed by atoms with Crippen molar-refractivity contribution in [3.05, 3.63) is 18.2 Å². The van der Waals surface area contributed by atoms with Crippen molar-refractivity contribution >= 4 is 0 Å². The van der Waals surface area contributed by atoms with E-state index in [4.69, 9.17) is 5.73 Å². The SMILES string of the molecule is CC1(Cn2ccnc2CN)CCC1. The van der Waals surface area contributed by atoms with Gasteiger partial charge in [-0.25, -0.2) is 4.98 Å². The second-order valence-corrected chi connectivity index (χ2v) is 4.34. The van der Waals surface area contributed by atoms with Crippen LogP contribution in [0.15, 0.2) is 12.4 Å². The molecule has 1 heterocycles. The zero-order valence-corrected chi connectivity index (χ0v) is 8.16. The Morgan fingerprint density at radius 1 is 1.62 bits per heavy atom. The summed E-state index contributed by atoms with van der Waals surface area (Å²) < 4.78 is 2.19. The third kappa shape index (κ3) is 1.61. The summed E-state index contributed by atoms with van der Waals surface area (Å²) in [4.78, 5) is 4.22. The lowest BCUT2D eigenvalue weighted by Crippen LogP contribution is -2.31. The van der Waals surface area contributed by atoms with Gasteiger partial charge in [0.25, 0.3) is 0 Å². The molecule has 1 fully saturated rings. The molecule has 0 atom stereocenters. The molecular weight excluding hydrogens is 162 g/mol. The Labute approximate surface area is 79.0 Å². The quantitative estimate of drug-likeness (QED) is 0.764. The number of rotatable bonds is 3. The topological polar surface area (TPSA) is 43.8 Å². The van der Waals surface area contributed by atoms with Gasteiger partial charge in [-0.2, -0.15) is 0 Å². The molecule has 72 valence electrons. The molecule has 0 amide bonds. The largest absolute Gasteiger partial charge is 0.333 e. The zero-order valence-electron chi connectivity index (χ0n) is 8.16. The van der Waals surface area contributed by atoms with E-state index in [0.29, 0.717) is 12.0 Å². The van der Waals surface area contributed by atoms with Gasteiger partial charge in [0.1, 0.15) is 5.82 Å². The van der Waals surface area contributed by atoms with Crippen LogP contribution in [0.25, 0.3) is 0 Å². The van der Waals surface area contributed by atoms with Crippen LogP contribution in [0.5, 0.6) is 0 Å². The number of nitrogens with zero attached hydrogens (tertiary/aromatic N) is 2. The third-order valence-corrected chi connectivity index (χ3v) is 3.10. The average Bonchev–Trinajstić information content (AvgIpc) is 2.49. The van der Waals surface area contributed by atoms with Gasteiger partial charge in [-0.15, -0.1) is 0 Å². The van der Waals surface area contributed by atoms with E-state index in [1.54, 1.807) is 0 Å². The predicted molar refractivity (Wildman–Crippen MR) is 52.1 cm³/mol. The summed E-state index contributed by atoms with van der Waals surface area (Å²) in [5.74, 6) is 1.01. The van der Waals surface area contributed by atoms with Gasteiger partial charge in [0, 0.05) is 18.9 Å². The first-order valence-corrected chi connectivity index (χ1v) is 4.94. The molecule has 0 aliphatic heterocycles. The van der Waals surface area contributed by atoms with E-state index >= 15 is 0 Å². The molecule has 2 N–H and O–H groups in total. The highest BCUT2D eigenvalue weighted by Gasteiger charge is 2.32. The minimum absolute atomic E-state index is 0.505. The fraction of sp³-hybridized carbons (Fsp3) is 0.700. The van der Waals surface area contributed by atoms with Crippen LogP contribution in [0.3, 0.4) is 0 Å². The number of aromatic nitrogens is 2. The molecule has 1 aromatic rings. The van der Waals surface area contributed by atoms with Crippen molar-refractivity contribution in [3.63, 3.8) is 0 Å². The monoisotopic (exact) mass is 179 g/mol. The van der Waals surface area contributed by atoms with Crippen LogP contribution in [-0.2, 0) is 13.1 Å². The molecular formula is C10H17N3. The second-order valence-electron chi connectivity index (χ2n) is 4.34. The summed E-state index contributed by atoms with van der Waals surface area (Å²) in [7, 11) is 0. The molecule has 1 aromatic heterocycles. The van der Waals surface area contributed by atoms with Crippen molar-refractivity contribution in [1.82, 2.24) is 9.55 Å². The molecule has 3 nitrogen and oxygen atoms in total. The number of hydrogen-bond donors (Lipinski definition) is 1. The average molecular weight is 179 g/mol. The van der Waals surface area contributed by atoms with Crippen LogP contribution >= 0.6 is 0 Å². The molecule has 1 aliphatic carbocycles. The highest BCUT2D eigenvalue weighted by Crippen LogP contribution is 2.41. The molecule has 3 heteroatoms. The molecule has 0 bridgehead atoms.